The molecule has 0 heterocycles. The average molecular weight is 290 g/mol. The van der Waals surface area contributed by atoms with E-state index in [4.69, 9.17) is 4.74 Å². The zero-order chi connectivity index (χ0) is 16.0. The first-order chi connectivity index (χ1) is 9.79. The SMILES string of the molecule is CCOC(=O)C(C(=O)c1ccccc1)C(C)(C)CC(C)=O. The summed E-state index contributed by atoms with van der Waals surface area (Å²) in [7, 11) is 0. The molecule has 1 aromatic carbocycles. The molecule has 21 heavy (non-hydrogen) atoms. The normalized spacial score (nSPS) is 12.6. The minimum atomic E-state index is -0.983. The highest BCUT2D eigenvalue weighted by Crippen LogP contribution is 2.34. The second-order valence-corrected chi connectivity index (χ2v) is 5.78. The molecule has 1 atom stereocenters. The summed E-state index contributed by atoms with van der Waals surface area (Å²) in [5.41, 5.74) is -0.336. The van der Waals surface area contributed by atoms with Gasteiger partial charge in [-0.2, -0.15) is 0 Å². The zero-order valence-corrected chi connectivity index (χ0v) is 13.0. The predicted octanol–water partition coefficient (Wildman–Crippen LogP) is 3.05. The molecule has 0 N–H and O–H groups in total. The molecular weight excluding hydrogens is 268 g/mol. The summed E-state index contributed by atoms with van der Waals surface area (Å²) in [6, 6.07) is 8.62. The van der Waals surface area contributed by atoms with E-state index in [2.05, 4.69) is 0 Å². The molecule has 4 heteroatoms. The van der Waals surface area contributed by atoms with Crippen molar-refractivity contribution in [3.8, 4) is 0 Å². The summed E-state index contributed by atoms with van der Waals surface area (Å²) in [5.74, 6) is -1.92. The van der Waals surface area contributed by atoms with Crippen LogP contribution >= 0.6 is 0 Å². The lowest BCUT2D eigenvalue weighted by Crippen LogP contribution is -2.39. The largest absolute Gasteiger partial charge is 0.465 e. The Morgan fingerprint density at radius 2 is 1.71 bits per heavy atom. The van der Waals surface area contributed by atoms with Gasteiger partial charge in [0.1, 0.15) is 11.7 Å². The van der Waals surface area contributed by atoms with Gasteiger partial charge in [-0.05, 0) is 19.3 Å². The van der Waals surface area contributed by atoms with Crippen molar-refractivity contribution in [1.82, 2.24) is 0 Å². The van der Waals surface area contributed by atoms with Crippen molar-refractivity contribution >= 4 is 17.5 Å². The van der Waals surface area contributed by atoms with Crippen molar-refractivity contribution < 1.29 is 19.1 Å². The number of ether oxygens (including phenoxy) is 1. The van der Waals surface area contributed by atoms with E-state index in [1.807, 2.05) is 0 Å². The lowest BCUT2D eigenvalue weighted by Gasteiger charge is -2.30. The summed E-state index contributed by atoms with van der Waals surface area (Å²) in [6.07, 6.45) is 0.148. The molecule has 4 nitrogen and oxygen atoms in total. The highest BCUT2D eigenvalue weighted by molar-refractivity contribution is 6.09. The smallest absolute Gasteiger partial charge is 0.317 e. The molecule has 0 aliphatic rings. The number of rotatable bonds is 7. The molecule has 0 bridgehead atoms. The van der Waals surface area contributed by atoms with Crippen LogP contribution in [0, 0.1) is 11.3 Å². The first-order valence-electron chi connectivity index (χ1n) is 7.05. The first kappa shape index (κ1) is 17.1. The molecule has 0 amide bonds. The van der Waals surface area contributed by atoms with Gasteiger partial charge in [0.25, 0.3) is 0 Å². The van der Waals surface area contributed by atoms with Crippen LogP contribution < -0.4 is 0 Å². The Bertz CT molecular complexity index is 517. The molecule has 1 unspecified atom stereocenters. The molecular formula is C17H22O4. The van der Waals surface area contributed by atoms with E-state index in [0.29, 0.717) is 5.56 Å². The second kappa shape index (κ2) is 7.16. The van der Waals surface area contributed by atoms with Crippen LogP contribution in [0.1, 0.15) is 44.5 Å². The van der Waals surface area contributed by atoms with Gasteiger partial charge >= 0.3 is 5.97 Å². The van der Waals surface area contributed by atoms with Crippen LogP contribution in [0.5, 0.6) is 0 Å². The van der Waals surface area contributed by atoms with Gasteiger partial charge in [0.05, 0.1) is 6.61 Å². The molecule has 0 aliphatic carbocycles. The van der Waals surface area contributed by atoms with Crippen molar-refractivity contribution in [2.24, 2.45) is 11.3 Å². The van der Waals surface area contributed by atoms with Gasteiger partial charge in [0.15, 0.2) is 5.78 Å². The van der Waals surface area contributed by atoms with Gasteiger partial charge in [-0.25, -0.2) is 0 Å². The van der Waals surface area contributed by atoms with E-state index >= 15 is 0 Å². The molecule has 114 valence electrons. The quantitative estimate of drug-likeness (QED) is 0.440. The fourth-order valence-electron chi connectivity index (χ4n) is 2.52. The number of esters is 1. The summed E-state index contributed by atoms with van der Waals surface area (Å²) in [4.78, 5) is 36.3. The fourth-order valence-corrected chi connectivity index (χ4v) is 2.52. The summed E-state index contributed by atoms with van der Waals surface area (Å²) >= 11 is 0. The summed E-state index contributed by atoms with van der Waals surface area (Å²) < 4.78 is 5.04. The van der Waals surface area contributed by atoms with E-state index < -0.39 is 17.3 Å². The van der Waals surface area contributed by atoms with Crippen LogP contribution in [0.2, 0.25) is 0 Å². The Hall–Kier alpha value is -1.97. The average Bonchev–Trinajstić information content (AvgIpc) is 2.38. The second-order valence-electron chi connectivity index (χ2n) is 5.78. The Labute approximate surface area is 125 Å². The molecule has 0 radical (unpaired) electrons. The van der Waals surface area contributed by atoms with E-state index in [1.54, 1.807) is 51.1 Å². The van der Waals surface area contributed by atoms with E-state index in [-0.39, 0.29) is 24.6 Å². The maximum absolute atomic E-state index is 12.7. The van der Waals surface area contributed by atoms with Gasteiger partial charge in [0.2, 0.25) is 0 Å². The third kappa shape index (κ3) is 4.52. The van der Waals surface area contributed by atoms with Crippen molar-refractivity contribution in [2.45, 2.75) is 34.1 Å². The van der Waals surface area contributed by atoms with Gasteiger partial charge in [-0.3, -0.25) is 9.59 Å². The molecule has 1 aromatic rings. The van der Waals surface area contributed by atoms with Crippen LogP contribution in [-0.4, -0.2) is 24.1 Å². The highest BCUT2D eigenvalue weighted by atomic mass is 16.5. The maximum atomic E-state index is 12.7. The molecule has 0 saturated heterocycles. The third-order valence-corrected chi connectivity index (χ3v) is 3.33. The van der Waals surface area contributed by atoms with Crippen LogP contribution in [0.3, 0.4) is 0 Å². The molecule has 0 spiro atoms. The molecule has 0 aromatic heterocycles. The molecule has 0 fully saturated rings. The lowest BCUT2D eigenvalue weighted by molar-refractivity contribution is -0.150. The Morgan fingerprint density at radius 1 is 1.14 bits per heavy atom. The predicted molar refractivity (Wildman–Crippen MR) is 80.0 cm³/mol. The van der Waals surface area contributed by atoms with Crippen molar-refractivity contribution in [2.75, 3.05) is 6.61 Å². The number of hydrogen-bond donors (Lipinski definition) is 0. The van der Waals surface area contributed by atoms with E-state index in [9.17, 15) is 14.4 Å². The number of hydrogen-bond acceptors (Lipinski definition) is 4. The first-order valence-corrected chi connectivity index (χ1v) is 7.05. The molecule has 0 saturated carbocycles. The number of ketones is 2. The lowest BCUT2D eigenvalue weighted by atomic mass is 9.72. The van der Waals surface area contributed by atoms with Gasteiger partial charge in [-0.15, -0.1) is 0 Å². The van der Waals surface area contributed by atoms with Crippen molar-refractivity contribution in [1.29, 1.82) is 0 Å². The van der Waals surface area contributed by atoms with Crippen molar-refractivity contribution in [3.63, 3.8) is 0 Å². The molecule has 0 aliphatic heterocycles. The highest BCUT2D eigenvalue weighted by Gasteiger charge is 2.42. The van der Waals surface area contributed by atoms with Crippen LogP contribution in [0.25, 0.3) is 0 Å². The van der Waals surface area contributed by atoms with Crippen LogP contribution in [0.15, 0.2) is 30.3 Å². The standard InChI is InChI=1S/C17H22O4/c1-5-21-16(20)14(17(3,4)11-12(2)18)15(19)13-9-7-6-8-10-13/h6-10,14H,5,11H2,1-4H3. The fraction of sp³-hybridized carbons (Fsp3) is 0.471. The Balaban J connectivity index is 3.16. The van der Waals surface area contributed by atoms with Crippen LogP contribution in [-0.2, 0) is 14.3 Å². The monoisotopic (exact) mass is 290 g/mol. The van der Waals surface area contributed by atoms with Gasteiger partial charge in [-0.1, -0.05) is 44.2 Å². The summed E-state index contributed by atoms with van der Waals surface area (Å²) in [6.45, 7) is 6.85. The maximum Gasteiger partial charge on any atom is 0.317 e. The van der Waals surface area contributed by atoms with Crippen molar-refractivity contribution in [3.05, 3.63) is 35.9 Å². The van der Waals surface area contributed by atoms with Gasteiger partial charge < -0.3 is 9.53 Å². The van der Waals surface area contributed by atoms with Crippen LogP contribution in [0.4, 0.5) is 0 Å². The minimum absolute atomic E-state index is 0.0600. The van der Waals surface area contributed by atoms with E-state index in [0.717, 1.165) is 0 Å². The number of Topliss-reactive ketones (excluding diaryl/α,β-unsaturated/α-hetero) is 2. The van der Waals surface area contributed by atoms with Gasteiger partial charge in [0, 0.05) is 12.0 Å². The third-order valence-electron chi connectivity index (χ3n) is 3.33. The molecule has 1 rings (SSSR count). The van der Waals surface area contributed by atoms with E-state index in [1.165, 1.54) is 6.92 Å². The Morgan fingerprint density at radius 3 is 2.19 bits per heavy atom. The Kier molecular flexibility index (Phi) is 5.82. The topological polar surface area (TPSA) is 60.4 Å². The minimum Gasteiger partial charge on any atom is -0.465 e. The number of carbonyl (C=O) groups is 3. The summed E-state index contributed by atoms with van der Waals surface area (Å²) in [5, 5.41) is 0. The number of benzene rings is 1. The number of carbonyl (C=O) groups excluding carboxylic acids is 3. The zero-order valence-electron chi connectivity index (χ0n) is 13.0.